The van der Waals surface area contributed by atoms with E-state index in [2.05, 4.69) is 25.1 Å². The summed E-state index contributed by atoms with van der Waals surface area (Å²) in [4.78, 5) is 31.8. The van der Waals surface area contributed by atoms with Gasteiger partial charge in [-0.25, -0.2) is 19.9 Å². The van der Waals surface area contributed by atoms with Gasteiger partial charge in [0, 0.05) is 31.2 Å². The minimum absolute atomic E-state index is 0.00574. The molecule has 1 amide bonds. The van der Waals surface area contributed by atoms with E-state index in [0.717, 1.165) is 54.2 Å². The molecular formula is C21H24N6O2. The van der Waals surface area contributed by atoms with Crippen molar-refractivity contribution in [3.8, 4) is 11.3 Å². The first-order valence-corrected chi connectivity index (χ1v) is 9.83. The highest BCUT2D eigenvalue weighted by molar-refractivity contribution is 5.93. The Labute approximate surface area is 169 Å². The molecule has 0 aromatic carbocycles. The molecule has 1 fully saturated rings. The van der Waals surface area contributed by atoms with Gasteiger partial charge in [-0.1, -0.05) is 5.16 Å². The number of amides is 1. The van der Waals surface area contributed by atoms with Crippen LogP contribution in [-0.2, 0) is 6.42 Å². The molecule has 150 valence electrons. The van der Waals surface area contributed by atoms with Crippen LogP contribution in [0.3, 0.4) is 0 Å². The van der Waals surface area contributed by atoms with E-state index in [1.54, 1.807) is 18.7 Å². The summed E-state index contributed by atoms with van der Waals surface area (Å²) in [6.45, 7) is 7.07. The van der Waals surface area contributed by atoms with Gasteiger partial charge in [0.05, 0.1) is 22.5 Å². The van der Waals surface area contributed by atoms with Gasteiger partial charge in [-0.15, -0.1) is 0 Å². The Morgan fingerprint density at radius 2 is 1.97 bits per heavy atom. The van der Waals surface area contributed by atoms with E-state index in [9.17, 15) is 4.79 Å². The van der Waals surface area contributed by atoms with Gasteiger partial charge in [-0.2, -0.15) is 0 Å². The van der Waals surface area contributed by atoms with Crippen molar-refractivity contribution in [2.45, 2.75) is 40.0 Å². The lowest BCUT2D eigenvalue weighted by atomic mass is 9.92. The summed E-state index contributed by atoms with van der Waals surface area (Å²) in [6, 6.07) is 2.00. The monoisotopic (exact) mass is 392 g/mol. The molecular weight excluding hydrogens is 368 g/mol. The first-order valence-electron chi connectivity index (χ1n) is 9.83. The fraction of sp³-hybridized carbons (Fsp3) is 0.429. The van der Waals surface area contributed by atoms with E-state index in [-0.39, 0.29) is 5.91 Å². The van der Waals surface area contributed by atoms with Crippen LogP contribution in [0.1, 0.15) is 46.2 Å². The van der Waals surface area contributed by atoms with Crippen molar-refractivity contribution < 1.29 is 9.32 Å². The lowest BCUT2D eigenvalue weighted by molar-refractivity contribution is 0.0672. The SMILES string of the molecule is Cc1ncc(C(=O)N2CCCC(Cc3cc(-c4c(C)noc4C)ncn3)C2)cn1. The van der Waals surface area contributed by atoms with Crippen molar-refractivity contribution in [1.82, 2.24) is 30.0 Å². The van der Waals surface area contributed by atoms with Crippen molar-refractivity contribution in [3.63, 3.8) is 0 Å². The third-order valence-electron chi connectivity index (χ3n) is 5.35. The molecule has 0 aliphatic carbocycles. The molecule has 1 unspecified atom stereocenters. The number of carbonyl (C=O) groups is 1. The maximum Gasteiger partial charge on any atom is 0.256 e. The Hall–Kier alpha value is -3.16. The van der Waals surface area contributed by atoms with Gasteiger partial charge in [0.2, 0.25) is 0 Å². The second kappa shape index (κ2) is 8.06. The van der Waals surface area contributed by atoms with E-state index in [1.165, 1.54) is 0 Å². The van der Waals surface area contributed by atoms with Crippen LogP contribution in [0.15, 0.2) is 29.3 Å². The predicted octanol–water partition coefficient (Wildman–Crippen LogP) is 2.94. The molecule has 1 aliphatic heterocycles. The molecule has 0 radical (unpaired) electrons. The highest BCUT2D eigenvalue weighted by Crippen LogP contribution is 2.27. The van der Waals surface area contributed by atoms with Crippen LogP contribution in [0.25, 0.3) is 11.3 Å². The van der Waals surface area contributed by atoms with Crippen LogP contribution < -0.4 is 0 Å². The van der Waals surface area contributed by atoms with Gasteiger partial charge >= 0.3 is 0 Å². The quantitative estimate of drug-likeness (QED) is 0.673. The molecule has 3 aromatic heterocycles. The molecule has 1 aliphatic rings. The highest BCUT2D eigenvalue weighted by Gasteiger charge is 2.25. The van der Waals surface area contributed by atoms with Gasteiger partial charge in [0.25, 0.3) is 5.91 Å². The van der Waals surface area contributed by atoms with Gasteiger partial charge < -0.3 is 9.42 Å². The summed E-state index contributed by atoms with van der Waals surface area (Å²) in [6.07, 6.45) is 7.64. The second-order valence-electron chi connectivity index (χ2n) is 7.58. The normalized spacial score (nSPS) is 16.8. The van der Waals surface area contributed by atoms with Gasteiger partial charge in [-0.3, -0.25) is 4.79 Å². The first kappa shape index (κ1) is 19.2. The number of rotatable bonds is 4. The molecule has 1 saturated heterocycles. The van der Waals surface area contributed by atoms with Crippen LogP contribution in [-0.4, -0.2) is 49.0 Å². The maximum atomic E-state index is 12.8. The maximum absolute atomic E-state index is 12.8. The van der Waals surface area contributed by atoms with Crippen molar-refractivity contribution in [3.05, 3.63) is 53.3 Å². The summed E-state index contributed by atoms with van der Waals surface area (Å²) in [7, 11) is 0. The second-order valence-corrected chi connectivity index (χ2v) is 7.58. The summed E-state index contributed by atoms with van der Waals surface area (Å²) in [5.41, 5.74) is 4.08. The summed E-state index contributed by atoms with van der Waals surface area (Å²) >= 11 is 0. The Bertz CT molecular complexity index is 995. The minimum atomic E-state index is -0.00574. The Kier molecular flexibility index (Phi) is 5.33. The number of piperidine rings is 1. The van der Waals surface area contributed by atoms with Crippen molar-refractivity contribution in [2.24, 2.45) is 5.92 Å². The van der Waals surface area contributed by atoms with Crippen molar-refractivity contribution in [2.75, 3.05) is 13.1 Å². The zero-order valence-corrected chi connectivity index (χ0v) is 16.9. The minimum Gasteiger partial charge on any atom is -0.361 e. The number of aryl methyl sites for hydroxylation is 3. The van der Waals surface area contributed by atoms with Crippen LogP contribution in [0.4, 0.5) is 0 Å². The molecule has 4 rings (SSSR count). The fourth-order valence-corrected chi connectivity index (χ4v) is 3.89. The number of likely N-dealkylation sites (tertiary alicyclic amines) is 1. The molecule has 29 heavy (non-hydrogen) atoms. The number of carbonyl (C=O) groups excluding carboxylic acids is 1. The topological polar surface area (TPSA) is 97.9 Å². The molecule has 3 aromatic rings. The largest absolute Gasteiger partial charge is 0.361 e. The third kappa shape index (κ3) is 4.16. The Balaban J connectivity index is 1.46. The van der Waals surface area contributed by atoms with E-state index < -0.39 is 0 Å². The van der Waals surface area contributed by atoms with Gasteiger partial charge in [-0.05, 0) is 52.0 Å². The number of nitrogens with zero attached hydrogens (tertiary/aromatic N) is 6. The summed E-state index contributed by atoms with van der Waals surface area (Å²) in [5, 5.41) is 4.01. The van der Waals surface area contributed by atoms with Crippen molar-refractivity contribution in [1.29, 1.82) is 0 Å². The lowest BCUT2D eigenvalue weighted by Gasteiger charge is -2.32. The van der Waals surface area contributed by atoms with E-state index in [1.807, 2.05) is 31.7 Å². The number of aromatic nitrogens is 5. The third-order valence-corrected chi connectivity index (χ3v) is 5.35. The van der Waals surface area contributed by atoms with E-state index in [0.29, 0.717) is 23.9 Å². The number of hydrogen-bond acceptors (Lipinski definition) is 7. The average molecular weight is 392 g/mol. The van der Waals surface area contributed by atoms with Crippen LogP contribution in [0.2, 0.25) is 0 Å². The highest BCUT2D eigenvalue weighted by atomic mass is 16.5. The van der Waals surface area contributed by atoms with Gasteiger partial charge in [0.15, 0.2) is 0 Å². The van der Waals surface area contributed by atoms with Crippen molar-refractivity contribution >= 4 is 5.91 Å². The fourth-order valence-electron chi connectivity index (χ4n) is 3.89. The van der Waals surface area contributed by atoms with Crippen LogP contribution >= 0.6 is 0 Å². The number of hydrogen-bond donors (Lipinski definition) is 0. The van der Waals surface area contributed by atoms with Crippen LogP contribution in [0.5, 0.6) is 0 Å². The summed E-state index contributed by atoms with van der Waals surface area (Å²) in [5.74, 6) is 1.76. The lowest BCUT2D eigenvalue weighted by Crippen LogP contribution is -2.40. The zero-order valence-electron chi connectivity index (χ0n) is 16.9. The molecule has 4 heterocycles. The molecule has 0 saturated carbocycles. The van der Waals surface area contributed by atoms with E-state index >= 15 is 0 Å². The predicted molar refractivity (Wildman–Crippen MR) is 106 cm³/mol. The first-order chi connectivity index (χ1) is 14.0. The average Bonchev–Trinajstić information content (AvgIpc) is 3.06. The standard InChI is InChI=1S/C21H24N6O2/c1-13-20(14(2)29-26-13)19-8-18(24-12-25-19)7-16-5-4-6-27(11-16)21(28)17-9-22-15(3)23-10-17/h8-10,12,16H,4-7,11H2,1-3H3. The van der Waals surface area contributed by atoms with E-state index in [4.69, 9.17) is 4.52 Å². The van der Waals surface area contributed by atoms with Crippen LogP contribution in [0, 0.1) is 26.7 Å². The zero-order chi connectivity index (χ0) is 20.4. The molecule has 8 nitrogen and oxygen atoms in total. The Morgan fingerprint density at radius 3 is 2.69 bits per heavy atom. The molecule has 1 atom stereocenters. The molecule has 0 N–H and O–H groups in total. The van der Waals surface area contributed by atoms with Gasteiger partial charge in [0.1, 0.15) is 17.9 Å². The smallest absolute Gasteiger partial charge is 0.256 e. The molecule has 0 bridgehead atoms. The Morgan fingerprint density at radius 1 is 1.17 bits per heavy atom. The summed E-state index contributed by atoms with van der Waals surface area (Å²) < 4.78 is 5.26. The molecule has 8 heteroatoms. The molecule has 0 spiro atoms.